The first-order valence-electron chi connectivity index (χ1n) is 7.76. The monoisotopic (exact) mass is 286 g/mol. The van der Waals surface area contributed by atoms with E-state index in [4.69, 9.17) is 4.74 Å². The van der Waals surface area contributed by atoms with Crippen LogP contribution < -0.4 is 0 Å². The maximum absolute atomic E-state index is 12.1. The van der Waals surface area contributed by atoms with Gasteiger partial charge in [0.2, 0.25) is 0 Å². The van der Waals surface area contributed by atoms with Crippen molar-refractivity contribution in [3.63, 3.8) is 0 Å². The van der Waals surface area contributed by atoms with Crippen LogP contribution in [0.1, 0.15) is 44.0 Å². The van der Waals surface area contributed by atoms with Gasteiger partial charge in [-0.1, -0.05) is 51.1 Å². The summed E-state index contributed by atoms with van der Waals surface area (Å²) in [5.41, 5.74) is 0.747. The number of ether oxygens (including phenoxy) is 1. The number of rotatable bonds is 4. The molecule has 0 bridgehead atoms. The average molecular weight is 286 g/mol. The van der Waals surface area contributed by atoms with Gasteiger partial charge in [0.15, 0.2) is 0 Å². The number of benzene rings is 1. The third-order valence-electron chi connectivity index (χ3n) is 5.61. The molecule has 0 spiro atoms. The first-order valence-corrected chi connectivity index (χ1v) is 7.76. The lowest BCUT2D eigenvalue weighted by atomic mass is 9.89. The highest BCUT2D eigenvalue weighted by Gasteiger charge is 2.65. The van der Waals surface area contributed by atoms with Crippen LogP contribution in [0.5, 0.6) is 0 Å². The van der Waals surface area contributed by atoms with E-state index in [0.717, 1.165) is 6.42 Å². The summed E-state index contributed by atoms with van der Waals surface area (Å²) in [6, 6.07) is 8.62. The van der Waals surface area contributed by atoms with E-state index in [2.05, 4.69) is 20.8 Å². The van der Waals surface area contributed by atoms with Gasteiger partial charge in [-0.15, -0.1) is 0 Å². The maximum Gasteiger partial charge on any atom is 0.379 e. The van der Waals surface area contributed by atoms with Crippen LogP contribution >= 0.6 is 0 Å². The SMILES string of the molecule is CC(C)[C@]12C[C@H](OC(=O)C(=O)c3ccccc3)[C@@H](C)[C@H]1C2. The molecule has 0 heterocycles. The zero-order chi connectivity index (χ0) is 15.2. The Morgan fingerprint density at radius 2 is 1.86 bits per heavy atom. The summed E-state index contributed by atoms with van der Waals surface area (Å²) < 4.78 is 5.53. The van der Waals surface area contributed by atoms with Gasteiger partial charge in [0.25, 0.3) is 5.78 Å². The molecule has 2 fully saturated rings. The van der Waals surface area contributed by atoms with E-state index in [1.54, 1.807) is 24.3 Å². The van der Waals surface area contributed by atoms with Crippen molar-refractivity contribution in [1.82, 2.24) is 0 Å². The van der Waals surface area contributed by atoms with Gasteiger partial charge in [-0.25, -0.2) is 4.79 Å². The molecule has 4 atom stereocenters. The molecule has 3 nitrogen and oxygen atoms in total. The lowest BCUT2D eigenvalue weighted by Crippen LogP contribution is -2.28. The third-order valence-corrected chi connectivity index (χ3v) is 5.61. The van der Waals surface area contributed by atoms with Crippen LogP contribution in [0.2, 0.25) is 0 Å². The van der Waals surface area contributed by atoms with Gasteiger partial charge in [0.1, 0.15) is 6.10 Å². The summed E-state index contributed by atoms with van der Waals surface area (Å²) in [5, 5.41) is 0. The molecule has 0 radical (unpaired) electrons. The van der Waals surface area contributed by atoms with E-state index >= 15 is 0 Å². The normalized spacial score (nSPS) is 33.6. The van der Waals surface area contributed by atoms with Crippen molar-refractivity contribution < 1.29 is 14.3 Å². The molecule has 1 aromatic carbocycles. The van der Waals surface area contributed by atoms with Crippen molar-refractivity contribution in [2.24, 2.45) is 23.2 Å². The fraction of sp³-hybridized carbons (Fsp3) is 0.556. The molecule has 2 saturated carbocycles. The summed E-state index contributed by atoms with van der Waals surface area (Å²) in [5.74, 6) is 0.376. The molecular weight excluding hydrogens is 264 g/mol. The third kappa shape index (κ3) is 2.29. The Balaban J connectivity index is 1.65. The van der Waals surface area contributed by atoms with Gasteiger partial charge in [0, 0.05) is 5.56 Å². The van der Waals surface area contributed by atoms with E-state index in [9.17, 15) is 9.59 Å². The second-order valence-electron chi connectivity index (χ2n) is 6.90. The fourth-order valence-corrected chi connectivity index (χ4v) is 4.06. The molecule has 0 unspecified atom stereocenters. The number of esters is 1. The number of carbonyl (C=O) groups is 2. The first kappa shape index (κ1) is 14.3. The van der Waals surface area contributed by atoms with Gasteiger partial charge in [0.05, 0.1) is 0 Å². The molecule has 0 aromatic heterocycles. The number of hydrogen-bond donors (Lipinski definition) is 0. The molecule has 0 N–H and O–H groups in total. The predicted molar refractivity (Wildman–Crippen MR) is 79.8 cm³/mol. The Morgan fingerprint density at radius 3 is 2.43 bits per heavy atom. The van der Waals surface area contributed by atoms with Gasteiger partial charge in [-0.3, -0.25) is 4.79 Å². The van der Waals surface area contributed by atoms with Crippen molar-refractivity contribution in [2.45, 2.75) is 39.7 Å². The van der Waals surface area contributed by atoms with Crippen molar-refractivity contribution in [3.05, 3.63) is 35.9 Å². The lowest BCUT2D eigenvalue weighted by Gasteiger charge is -2.21. The van der Waals surface area contributed by atoms with E-state index in [0.29, 0.717) is 28.7 Å². The van der Waals surface area contributed by atoms with Crippen molar-refractivity contribution in [2.75, 3.05) is 0 Å². The quantitative estimate of drug-likeness (QED) is 0.483. The highest BCUT2D eigenvalue weighted by Crippen LogP contribution is 2.70. The van der Waals surface area contributed by atoms with Crippen LogP contribution in [0, 0.1) is 23.2 Å². The lowest BCUT2D eigenvalue weighted by molar-refractivity contribution is -0.145. The zero-order valence-electron chi connectivity index (χ0n) is 12.8. The Morgan fingerprint density at radius 1 is 1.19 bits per heavy atom. The smallest absolute Gasteiger partial charge is 0.379 e. The van der Waals surface area contributed by atoms with Crippen molar-refractivity contribution in [1.29, 1.82) is 0 Å². The highest BCUT2D eigenvalue weighted by molar-refractivity contribution is 6.40. The molecule has 0 aliphatic heterocycles. The van der Waals surface area contributed by atoms with E-state index in [1.807, 2.05) is 6.07 Å². The summed E-state index contributed by atoms with van der Waals surface area (Å²) in [4.78, 5) is 24.1. The number of hydrogen-bond acceptors (Lipinski definition) is 3. The van der Waals surface area contributed by atoms with Gasteiger partial charge in [-0.2, -0.15) is 0 Å². The van der Waals surface area contributed by atoms with Crippen molar-refractivity contribution >= 4 is 11.8 Å². The van der Waals surface area contributed by atoms with Crippen LogP contribution in [-0.4, -0.2) is 17.9 Å². The van der Waals surface area contributed by atoms with Crippen LogP contribution in [0.25, 0.3) is 0 Å². The van der Waals surface area contributed by atoms with Crippen LogP contribution in [0.3, 0.4) is 0 Å². The summed E-state index contributed by atoms with van der Waals surface area (Å²) in [7, 11) is 0. The molecule has 1 aromatic rings. The first-order chi connectivity index (χ1) is 9.95. The molecule has 112 valence electrons. The Labute approximate surface area is 125 Å². The largest absolute Gasteiger partial charge is 0.456 e. The summed E-state index contributed by atoms with van der Waals surface area (Å²) >= 11 is 0. The Bertz CT molecular complexity index is 563. The highest BCUT2D eigenvalue weighted by atomic mass is 16.5. The zero-order valence-corrected chi connectivity index (χ0v) is 12.8. The minimum absolute atomic E-state index is 0.105. The summed E-state index contributed by atoms with van der Waals surface area (Å²) in [6.07, 6.45) is 2.04. The van der Waals surface area contributed by atoms with Gasteiger partial charge in [-0.05, 0) is 36.0 Å². The Hall–Kier alpha value is -1.64. The van der Waals surface area contributed by atoms with Gasteiger partial charge >= 0.3 is 5.97 Å². The molecule has 3 heteroatoms. The van der Waals surface area contributed by atoms with E-state index < -0.39 is 11.8 Å². The molecule has 2 aliphatic rings. The van der Waals surface area contributed by atoms with E-state index in [-0.39, 0.29) is 6.10 Å². The van der Waals surface area contributed by atoms with Crippen LogP contribution in [0.15, 0.2) is 30.3 Å². The number of fused-ring (bicyclic) bond motifs is 1. The average Bonchev–Trinajstić information content (AvgIpc) is 3.15. The molecular formula is C18H22O3. The minimum Gasteiger partial charge on any atom is -0.456 e. The number of Topliss-reactive ketones (excluding diaryl/α,β-unsaturated/α-hetero) is 1. The van der Waals surface area contributed by atoms with Gasteiger partial charge < -0.3 is 4.74 Å². The number of ketones is 1. The molecule has 3 rings (SSSR count). The predicted octanol–water partition coefficient (Wildman–Crippen LogP) is 3.48. The second-order valence-corrected chi connectivity index (χ2v) is 6.90. The maximum atomic E-state index is 12.1. The molecule has 21 heavy (non-hydrogen) atoms. The summed E-state index contributed by atoms with van der Waals surface area (Å²) in [6.45, 7) is 6.63. The minimum atomic E-state index is -0.710. The van der Waals surface area contributed by atoms with Crippen LogP contribution in [-0.2, 0) is 9.53 Å². The number of carbonyl (C=O) groups excluding carboxylic acids is 2. The van der Waals surface area contributed by atoms with E-state index in [1.165, 1.54) is 6.42 Å². The van der Waals surface area contributed by atoms with Crippen molar-refractivity contribution in [3.8, 4) is 0 Å². The fourth-order valence-electron chi connectivity index (χ4n) is 4.06. The second kappa shape index (κ2) is 4.97. The Kier molecular flexibility index (Phi) is 3.39. The topological polar surface area (TPSA) is 43.4 Å². The van der Waals surface area contributed by atoms with Crippen LogP contribution in [0.4, 0.5) is 0 Å². The standard InChI is InChI=1S/C18H22O3/c1-11(2)18-9-14(18)12(3)15(10-18)21-17(20)16(19)13-7-5-4-6-8-13/h4-8,11-12,14-15H,9-10H2,1-3H3/t12-,14+,15-,18-/m0/s1. The molecule has 2 aliphatic carbocycles. The molecule has 0 amide bonds. The molecule has 0 saturated heterocycles.